The van der Waals surface area contributed by atoms with Gasteiger partial charge in [-0.05, 0) is 30.3 Å². The molecule has 100 valence electrons. The van der Waals surface area contributed by atoms with E-state index in [0.717, 1.165) is 5.69 Å². The number of amides is 1. The zero-order valence-corrected chi connectivity index (χ0v) is 11.0. The van der Waals surface area contributed by atoms with E-state index in [1.807, 2.05) is 36.4 Å². The van der Waals surface area contributed by atoms with Crippen LogP contribution in [0.5, 0.6) is 0 Å². The van der Waals surface area contributed by atoms with Crippen molar-refractivity contribution < 1.29 is 4.79 Å². The standard InChI is InChI=1S/C16H15N3O/c17-12-13-5-4-8-15(11-13)19-16(20)9-10-18-14-6-2-1-3-7-14/h1-8,11,18H,9-10H2,(H,19,20). The Morgan fingerprint density at radius 1 is 1.05 bits per heavy atom. The van der Waals surface area contributed by atoms with E-state index in [0.29, 0.717) is 24.2 Å². The molecule has 4 nitrogen and oxygen atoms in total. The molecule has 2 aromatic rings. The van der Waals surface area contributed by atoms with Crippen molar-refractivity contribution >= 4 is 17.3 Å². The van der Waals surface area contributed by atoms with Gasteiger partial charge in [0.05, 0.1) is 11.6 Å². The summed E-state index contributed by atoms with van der Waals surface area (Å²) in [6.45, 7) is 0.563. The average molecular weight is 265 g/mol. The number of hydrogen-bond donors (Lipinski definition) is 2. The Bertz CT molecular complexity index is 617. The molecule has 0 aromatic heterocycles. The maximum atomic E-state index is 11.8. The first-order chi connectivity index (χ1) is 9.78. The number of para-hydroxylation sites is 1. The van der Waals surface area contributed by atoms with Crippen LogP contribution in [0.2, 0.25) is 0 Å². The molecular weight excluding hydrogens is 250 g/mol. The normalized spacial score (nSPS) is 9.55. The van der Waals surface area contributed by atoms with Crippen LogP contribution in [-0.4, -0.2) is 12.5 Å². The van der Waals surface area contributed by atoms with Gasteiger partial charge in [0, 0.05) is 24.3 Å². The van der Waals surface area contributed by atoms with E-state index in [1.54, 1.807) is 24.3 Å². The third kappa shape index (κ3) is 4.14. The minimum atomic E-state index is -0.0801. The Balaban J connectivity index is 1.79. The highest BCUT2D eigenvalue weighted by molar-refractivity contribution is 5.91. The highest BCUT2D eigenvalue weighted by Crippen LogP contribution is 2.10. The number of carbonyl (C=O) groups excluding carboxylic acids is 1. The topological polar surface area (TPSA) is 64.9 Å². The van der Waals surface area contributed by atoms with Gasteiger partial charge in [-0.15, -0.1) is 0 Å². The van der Waals surface area contributed by atoms with Crippen molar-refractivity contribution in [2.45, 2.75) is 6.42 Å². The van der Waals surface area contributed by atoms with Crippen molar-refractivity contribution in [1.29, 1.82) is 5.26 Å². The Kier molecular flexibility index (Phi) is 4.74. The highest BCUT2D eigenvalue weighted by atomic mass is 16.1. The van der Waals surface area contributed by atoms with Gasteiger partial charge in [-0.2, -0.15) is 5.26 Å². The maximum absolute atomic E-state index is 11.8. The van der Waals surface area contributed by atoms with Crippen LogP contribution in [-0.2, 0) is 4.79 Å². The van der Waals surface area contributed by atoms with Crippen LogP contribution >= 0.6 is 0 Å². The third-order valence-corrected chi connectivity index (χ3v) is 2.73. The van der Waals surface area contributed by atoms with Gasteiger partial charge < -0.3 is 10.6 Å². The molecule has 2 rings (SSSR count). The van der Waals surface area contributed by atoms with Crippen LogP contribution in [0.15, 0.2) is 54.6 Å². The second-order valence-electron chi connectivity index (χ2n) is 4.28. The monoisotopic (exact) mass is 265 g/mol. The summed E-state index contributed by atoms with van der Waals surface area (Å²) < 4.78 is 0. The van der Waals surface area contributed by atoms with Crippen molar-refractivity contribution in [2.24, 2.45) is 0 Å². The van der Waals surface area contributed by atoms with E-state index in [1.165, 1.54) is 0 Å². The van der Waals surface area contributed by atoms with Gasteiger partial charge in [-0.1, -0.05) is 24.3 Å². The van der Waals surface area contributed by atoms with Crippen molar-refractivity contribution in [2.75, 3.05) is 17.2 Å². The maximum Gasteiger partial charge on any atom is 0.226 e. The lowest BCUT2D eigenvalue weighted by Crippen LogP contribution is -2.16. The van der Waals surface area contributed by atoms with Gasteiger partial charge >= 0.3 is 0 Å². The lowest BCUT2D eigenvalue weighted by atomic mass is 10.2. The summed E-state index contributed by atoms with van der Waals surface area (Å²) >= 11 is 0. The first-order valence-electron chi connectivity index (χ1n) is 6.37. The average Bonchev–Trinajstić information content (AvgIpc) is 2.48. The Hall–Kier alpha value is -2.80. The van der Waals surface area contributed by atoms with Crippen molar-refractivity contribution in [3.05, 3.63) is 60.2 Å². The minimum Gasteiger partial charge on any atom is -0.385 e. The second kappa shape index (κ2) is 6.95. The van der Waals surface area contributed by atoms with Gasteiger partial charge in [0.1, 0.15) is 0 Å². The predicted molar refractivity (Wildman–Crippen MR) is 79.3 cm³/mol. The lowest BCUT2D eigenvalue weighted by molar-refractivity contribution is -0.115. The highest BCUT2D eigenvalue weighted by Gasteiger charge is 2.02. The van der Waals surface area contributed by atoms with E-state index in [9.17, 15) is 4.79 Å². The van der Waals surface area contributed by atoms with Gasteiger partial charge in [-0.3, -0.25) is 4.79 Å². The third-order valence-electron chi connectivity index (χ3n) is 2.73. The minimum absolute atomic E-state index is 0.0801. The van der Waals surface area contributed by atoms with Crippen LogP contribution in [0.3, 0.4) is 0 Å². The van der Waals surface area contributed by atoms with E-state index < -0.39 is 0 Å². The van der Waals surface area contributed by atoms with Crippen molar-refractivity contribution in [3.63, 3.8) is 0 Å². The molecule has 0 saturated heterocycles. The molecule has 0 aliphatic rings. The SMILES string of the molecule is N#Cc1cccc(NC(=O)CCNc2ccccc2)c1. The molecule has 0 saturated carbocycles. The zero-order valence-electron chi connectivity index (χ0n) is 11.0. The number of nitrogens with zero attached hydrogens (tertiary/aromatic N) is 1. The number of hydrogen-bond acceptors (Lipinski definition) is 3. The van der Waals surface area contributed by atoms with Gasteiger partial charge in [-0.25, -0.2) is 0 Å². The largest absolute Gasteiger partial charge is 0.385 e. The van der Waals surface area contributed by atoms with Gasteiger partial charge in [0.25, 0.3) is 0 Å². The van der Waals surface area contributed by atoms with Gasteiger partial charge in [0.2, 0.25) is 5.91 Å². The predicted octanol–water partition coefficient (Wildman–Crippen LogP) is 3.00. The van der Waals surface area contributed by atoms with Crippen LogP contribution in [0.4, 0.5) is 11.4 Å². The fourth-order valence-corrected chi connectivity index (χ4v) is 1.77. The molecule has 0 heterocycles. The van der Waals surface area contributed by atoms with Crippen LogP contribution in [0.1, 0.15) is 12.0 Å². The Morgan fingerprint density at radius 2 is 1.80 bits per heavy atom. The summed E-state index contributed by atoms with van der Waals surface area (Å²) in [5.41, 5.74) is 2.17. The summed E-state index contributed by atoms with van der Waals surface area (Å²) in [4.78, 5) is 11.8. The molecule has 2 N–H and O–H groups in total. The molecule has 0 aliphatic carbocycles. The molecule has 0 bridgehead atoms. The molecule has 20 heavy (non-hydrogen) atoms. The molecule has 0 unspecified atom stereocenters. The van der Waals surface area contributed by atoms with E-state index in [4.69, 9.17) is 5.26 Å². The summed E-state index contributed by atoms with van der Waals surface area (Å²) in [6.07, 6.45) is 0.367. The Morgan fingerprint density at radius 3 is 2.55 bits per heavy atom. The summed E-state index contributed by atoms with van der Waals surface area (Å²) in [5.74, 6) is -0.0801. The van der Waals surface area contributed by atoms with Crippen molar-refractivity contribution in [3.8, 4) is 6.07 Å². The molecule has 0 radical (unpaired) electrons. The molecule has 4 heteroatoms. The van der Waals surface area contributed by atoms with E-state index in [2.05, 4.69) is 10.6 Å². The quantitative estimate of drug-likeness (QED) is 0.873. The summed E-state index contributed by atoms with van der Waals surface area (Å²) in [5, 5.41) is 14.7. The molecule has 2 aromatic carbocycles. The molecule has 0 aliphatic heterocycles. The number of nitrogens with one attached hydrogen (secondary N) is 2. The van der Waals surface area contributed by atoms with Crippen molar-refractivity contribution in [1.82, 2.24) is 0 Å². The summed E-state index contributed by atoms with van der Waals surface area (Å²) in [7, 11) is 0. The fourth-order valence-electron chi connectivity index (χ4n) is 1.77. The van der Waals surface area contributed by atoms with E-state index in [-0.39, 0.29) is 5.91 Å². The van der Waals surface area contributed by atoms with Crippen LogP contribution < -0.4 is 10.6 Å². The fraction of sp³-hybridized carbons (Fsp3) is 0.125. The number of nitriles is 1. The zero-order chi connectivity index (χ0) is 14.2. The number of anilines is 2. The smallest absolute Gasteiger partial charge is 0.226 e. The molecule has 0 spiro atoms. The second-order valence-corrected chi connectivity index (χ2v) is 4.28. The first kappa shape index (κ1) is 13.6. The van der Waals surface area contributed by atoms with Crippen LogP contribution in [0, 0.1) is 11.3 Å². The molecule has 0 atom stereocenters. The molecule has 0 fully saturated rings. The number of rotatable bonds is 5. The molecule has 1 amide bonds. The Labute approximate surface area is 118 Å². The van der Waals surface area contributed by atoms with Gasteiger partial charge in [0.15, 0.2) is 0 Å². The molecular formula is C16H15N3O. The van der Waals surface area contributed by atoms with Crippen LogP contribution in [0.25, 0.3) is 0 Å². The lowest BCUT2D eigenvalue weighted by Gasteiger charge is -2.07. The number of benzene rings is 2. The summed E-state index contributed by atoms with van der Waals surface area (Å²) in [6, 6.07) is 18.6. The van der Waals surface area contributed by atoms with E-state index >= 15 is 0 Å². The number of carbonyl (C=O) groups is 1. The first-order valence-corrected chi connectivity index (χ1v) is 6.37.